The summed E-state index contributed by atoms with van der Waals surface area (Å²) in [5.74, 6) is -0.715. The molecule has 0 saturated heterocycles. The van der Waals surface area contributed by atoms with E-state index in [0.29, 0.717) is 18.5 Å². The Kier molecular flexibility index (Phi) is 4.24. The fourth-order valence-electron chi connectivity index (χ4n) is 2.95. The highest BCUT2D eigenvalue weighted by Gasteiger charge is 2.30. The third-order valence-corrected chi connectivity index (χ3v) is 4.50. The molecule has 2 aromatic carbocycles. The Labute approximate surface area is 142 Å². The van der Waals surface area contributed by atoms with Gasteiger partial charge in [0.2, 0.25) is 0 Å². The summed E-state index contributed by atoms with van der Waals surface area (Å²) in [5, 5.41) is 11.0. The van der Waals surface area contributed by atoms with Gasteiger partial charge in [0.05, 0.1) is 4.92 Å². The van der Waals surface area contributed by atoms with E-state index in [1.165, 1.54) is 30.3 Å². The number of halogens is 2. The smallest absolute Gasteiger partial charge is 0.288 e. The molecule has 124 valence electrons. The summed E-state index contributed by atoms with van der Waals surface area (Å²) >= 11 is 5.80. The number of nitro groups is 1. The molecule has 1 aliphatic heterocycles. The topological polar surface area (TPSA) is 63.5 Å². The van der Waals surface area contributed by atoms with Crippen LogP contribution in [-0.4, -0.2) is 16.9 Å². The number of benzene rings is 2. The number of amides is 1. The molecule has 0 fully saturated rings. The number of fused-ring (bicyclic) bond motifs is 1. The van der Waals surface area contributed by atoms with Gasteiger partial charge < -0.3 is 4.90 Å². The zero-order valence-electron chi connectivity index (χ0n) is 12.8. The van der Waals surface area contributed by atoms with Crippen LogP contribution < -0.4 is 4.90 Å². The van der Waals surface area contributed by atoms with Crippen LogP contribution in [0.4, 0.5) is 15.8 Å². The summed E-state index contributed by atoms with van der Waals surface area (Å²) in [6.07, 6.45) is 1.37. The molecule has 0 saturated carbocycles. The highest BCUT2D eigenvalue weighted by atomic mass is 35.5. The molecule has 1 atom stereocenters. The van der Waals surface area contributed by atoms with Gasteiger partial charge in [-0.2, -0.15) is 0 Å². The standard InChI is InChI=1S/C17H14ClFN2O3/c1-10-2-3-11-8-13(19)5-7-15(11)20(10)17(22)12-4-6-14(18)16(9-12)21(23)24/h4-10H,2-3H2,1H3/t10-/m1/s1. The van der Waals surface area contributed by atoms with E-state index < -0.39 is 4.92 Å². The summed E-state index contributed by atoms with van der Waals surface area (Å²) in [6.45, 7) is 1.90. The quantitative estimate of drug-likeness (QED) is 0.598. The van der Waals surface area contributed by atoms with E-state index in [1.54, 1.807) is 11.0 Å². The van der Waals surface area contributed by atoms with Crippen molar-refractivity contribution in [3.05, 3.63) is 68.5 Å². The molecular formula is C17H14ClFN2O3. The molecule has 0 bridgehead atoms. The lowest BCUT2D eigenvalue weighted by atomic mass is 9.95. The molecule has 2 aromatic rings. The Hall–Kier alpha value is -2.47. The van der Waals surface area contributed by atoms with Crippen molar-refractivity contribution in [2.24, 2.45) is 0 Å². The maximum absolute atomic E-state index is 13.4. The minimum absolute atomic E-state index is 0.0225. The second kappa shape index (κ2) is 6.20. The third kappa shape index (κ3) is 2.85. The second-order valence-corrected chi connectivity index (χ2v) is 6.17. The molecule has 1 aliphatic rings. The van der Waals surface area contributed by atoms with Crippen LogP contribution in [0.5, 0.6) is 0 Å². The lowest BCUT2D eigenvalue weighted by Crippen LogP contribution is -2.42. The van der Waals surface area contributed by atoms with Crippen LogP contribution in [0.1, 0.15) is 29.3 Å². The van der Waals surface area contributed by atoms with Crippen molar-refractivity contribution >= 4 is 28.9 Å². The van der Waals surface area contributed by atoms with E-state index in [9.17, 15) is 19.3 Å². The van der Waals surface area contributed by atoms with E-state index in [4.69, 9.17) is 11.6 Å². The summed E-state index contributed by atoms with van der Waals surface area (Å²) in [7, 11) is 0. The van der Waals surface area contributed by atoms with Crippen LogP contribution in [0.2, 0.25) is 5.02 Å². The SMILES string of the molecule is C[C@@H]1CCc2cc(F)ccc2N1C(=O)c1ccc(Cl)c([N+](=O)[O-])c1. The Morgan fingerprint density at radius 1 is 1.33 bits per heavy atom. The van der Waals surface area contributed by atoms with Crippen LogP contribution in [0.25, 0.3) is 0 Å². The first kappa shape index (κ1) is 16.4. The van der Waals surface area contributed by atoms with Crippen LogP contribution >= 0.6 is 11.6 Å². The first-order valence-electron chi connectivity index (χ1n) is 7.44. The van der Waals surface area contributed by atoms with Gasteiger partial charge in [-0.15, -0.1) is 0 Å². The van der Waals surface area contributed by atoms with Crippen LogP contribution in [-0.2, 0) is 6.42 Å². The van der Waals surface area contributed by atoms with Crippen molar-refractivity contribution in [3.8, 4) is 0 Å². The molecule has 3 rings (SSSR count). The molecular weight excluding hydrogens is 335 g/mol. The zero-order chi connectivity index (χ0) is 17.4. The monoisotopic (exact) mass is 348 g/mol. The lowest BCUT2D eigenvalue weighted by molar-refractivity contribution is -0.384. The number of nitrogens with zero attached hydrogens (tertiary/aromatic N) is 2. The van der Waals surface area contributed by atoms with Gasteiger partial charge >= 0.3 is 0 Å². The number of aryl methyl sites for hydroxylation is 1. The average Bonchev–Trinajstić information content (AvgIpc) is 2.54. The number of hydrogen-bond donors (Lipinski definition) is 0. The van der Waals surface area contributed by atoms with Gasteiger partial charge in [0.25, 0.3) is 11.6 Å². The maximum atomic E-state index is 13.4. The van der Waals surface area contributed by atoms with E-state index in [2.05, 4.69) is 0 Å². The fourth-order valence-corrected chi connectivity index (χ4v) is 3.14. The van der Waals surface area contributed by atoms with Gasteiger partial charge in [-0.05, 0) is 55.7 Å². The van der Waals surface area contributed by atoms with E-state index in [0.717, 1.165) is 5.56 Å². The van der Waals surface area contributed by atoms with E-state index in [-0.39, 0.29) is 34.0 Å². The average molecular weight is 349 g/mol. The number of carbonyl (C=O) groups is 1. The molecule has 0 aliphatic carbocycles. The highest BCUT2D eigenvalue weighted by molar-refractivity contribution is 6.32. The number of carbonyl (C=O) groups excluding carboxylic acids is 1. The van der Waals surface area contributed by atoms with Crippen LogP contribution in [0, 0.1) is 15.9 Å². The van der Waals surface area contributed by atoms with Crippen molar-refractivity contribution in [2.75, 3.05) is 4.90 Å². The summed E-state index contributed by atoms with van der Waals surface area (Å²) in [4.78, 5) is 24.9. The molecule has 0 radical (unpaired) electrons. The second-order valence-electron chi connectivity index (χ2n) is 5.76. The van der Waals surface area contributed by atoms with Gasteiger partial charge in [-0.1, -0.05) is 11.6 Å². The predicted molar refractivity (Wildman–Crippen MR) is 89.1 cm³/mol. The molecule has 0 N–H and O–H groups in total. The molecule has 1 heterocycles. The minimum Gasteiger partial charge on any atom is -0.305 e. The normalized spacial score (nSPS) is 16.6. The van der Waals surface area contributed by atoms with Crippen LogP contribution in [0.3, 0.4) is 0 Å². The van der Waals surface area contributed by atoms with Crippen molar-refractivity contribution < 1.29 is 14.1 Å². The van der Waals surface area contributed by atoms with Crippen molar-refractivity contribution in [1.82, 2.24) is 0 Å². The summed E-state index contributed by atoms with van der Waals surface area (Å²) in [6, 6.07) is 8.19. The first-order chi connectivity index (χ1) is 11.4. The summed E-state index contributed by atoms with van der Waals surface area (Å²) < 4.78 is 13.4. The van der Waals surface area contributed by atoms with Gasteiger partial charge in [-0.25, -0.2) is 4.39 Å². The van der Waals surface area contributed by atoms with Gasteiger partial charge in [0, 0.05) is 23.4 Å². The largest absolute Gasteiger partial charge is 0.305 e. The van der Waals surface area contributed by atoms with Gasteiger partial charge in [-0.3, -0.25) is 14.9 Å². The molecule has 1 amide bonds. The Balaban J connectivity index is 2.04. The van der Waals surface area contributed by atoms with E-state index in [1.807, 2.05) is 6.92 Å². The number of hydrogen-bond acceptors (Lipinski definition) is 3. The molecule has 5 nitrogen and oxygen atoms in total. The van der Waals surface area contributed by atoms with Crippen molar-refractivity contribution in [2.45, 2.75) is 25.8 Å². The van der Waals surface area contributed by atoms with Crippen molar-refractivity contribution in [3.63, 3.8) is 0 Å². The fraction of sp³-hybridized carbons (Fsp3) is 0.235. The highest BCUT2D eigenvalue weighted by Crippen LogP contribution is 2.33. The molecule has 24 heavy (non-hydrogen) atoms. The minimum atomic E-state index is -0.623. The Morgan fingerprint density at radius 2 is 2.08 bits per heavy atom. The zero-order valence-corrected chi connectivity index (χ0v) is 13.6. The summed E-state index contributed by atoms with van der Waals surface area (Å²) in [5.41, 5.74) is 1.25. The first-order valence-corrected chi connectivity index (χ1v) is 7.82. The predicted octanol–water partition coefficient (Wildman–Crippen LogP) is 4.37. The third-order valence-electron chi connectivity index (χ3n) is 4.18. The van der Waals surface area contributed by atoms with E-state index >= 15 is 0 Å². The Bertz CT molecular complexity index is 841. The van der Waals surface area contributed by atoms with Crippen molar-refractivity contribution in [1.29, 1.82) is 0 Å². The van der Waals surface area contributed by atoms with Gasteiger partial charge in [0.15, 0.2) is 0 Å². The number of anilines is 1. The molecule has 0 aromatic heterocycles. The van der Waals surface area contributed by atoms with Gasteiger partial charge in [0.1, 0.15) is 10.8 Å². The number of nitro benzene ring substituents is 1. The Morgan fingerprint density at radius 3 is 2.79 bits per heavy atom. The van der Waals surface area contributed by atoms with Crippen LogP contribution in [0.15, 0.2) is 36.4 Å². The molecule has 0 spiro atoms. The molecule has 7 heteroatoms. The molecule has 0 unspecified atom stereocenters. The number of rotatable bonds is 2. The lowest BCUT2D eigenvalue weighted by Gasteiger charge is -2.35. The maximum Gasteiger partial charge on any atom is 0.288 e.